The van der Waals surface area contributed by atoms with Crippen LogP contribution in [0.2, 0.25) is 0 Å². The van der Waals surface area contributed by atoms with Crippen LogP contribution in [0.15, 0.2) is 18.2 Å². The van der Waals surface area contributed by atoms with E-state index in [-0.39, 0.29) is 18.9 Å². The van der Waals surface area contributed by atoms with E-state index in [1.54, 1.807) is 4.90 Å². The van der Waals surface area contributed by atoms with Crippen molar-refractivity contribution in [3.8, 4) is 11.5 Å². The minimum absolute atomic E-state index is 0.0722. The molecule has 6 heteroatoms. The molecular weight excluding hydrogens is 248 g/mol. The molecule has 1 N–H and O–H groups in total. The van der Waals surface area contributed by atoms with E-state index in [0.29, 0.717) is 13.2 Å². The maximum Gasteiger partial charge on any atom is 0.410 e. The lowest BCUT2D eigenvalue weighted by Crippen LogP contribution is -2.39. The van der Waals surface area contributed by atoms with Crippen LogP contribution in [0.25, 0.3) is 0 Å². The Balaban J connectivity index is 1.74. The first-order valence-electron chi connectivity index (χ1n) is 6.24. The van der Waals surface area contributed by atoms with Gasteiger partial charge in [-0.1, -0.05) is 6.07 Å². The van der Waals surface area contributed by atoms with Crippen LogP contribution in [-0.4, -0.2) is 44.0 Å². The van der Waals surface area contributed by atoms with E-state index in [1.165, 1.54) is 0 Å². The molecule has 0 aromatic heterocycles. The second-order valence-corrected chi connectivity index (χ2v) is 4.60. The van der Waals surface area contributed by atoms with E-state index >= 15 is 0 Å². The molecule has 0 saturated carbocycles. The van der Waals surface area contributed by atoms with Crippen LogP contribution >= 0.6 is 0 Å². The highest BCUT2D eigenvalue weighted by molar-refractivity contribution is 5.70. The van der Waals surface area contributed by atoms with Gasteiger partial charge >= 0.3 is 6.09 Å². The number of hydrogen-bond acceptors (Lipinski definition) is 5. The fraction of sp³-hybridized carbons (Fsp3) is 0.462. The van der Waals surface area contributed by atoms with Crippen molar-refractivity contribution < 1.29 is 19.0 Å². The zero-order chi connectivity index (χ0) is 13.2. The molecule has 1 fully saturated rings. The molecule has 102 valence electrons. The summed E-state index contributed by atoms with van der Waals surface area (Å²) in [7, 11) is 1.86. The summed E-state index contributed by atoms with van der Waals surface area (Å²) in [5.41, 5.74) is 1.00. The number of rotatable bonds is 4. The van der Waals surface area contributed by atoms with Crippen molar-refractivity contribution >= 4 is 6.09 Å². The topological polar surface area (TPSA) is 60.0 Å². The SMILES string of the molecule is CNCC1COC(=O)N1Cc1ccc2c(c1)OCO2. The molecule has 19 heavy (non-hydrogen) atoms. The number of benzene rings is 1. The standard InChI is InChI=1S/C13H16N2O4/c1-14-5-10-7-17-13(16)15(10)6-9-2-3-11-12(4-9)19-8-18-11/h2-4,10,14H,5-8H2,1H3. The minimum atomic E-state index is -0.266. The van der Waals surface area contributed by atoms with Gasteiger partial charge in [-0.3, -0.25) is 4.90 Å². The second-order valence-electron chi connectivity index (χ2n) is 4.60. The number of amides is 1. The number of likely N-dealkylation sites (N-methyl/N-ethyl adjacent to an activating group) is 1. The molecule has 3 rings (SSSR count). The lowest BCUT2D eigenvalue weighted by Gasteiger charge is -2.21. The molecule has 2 aliphatic rings. The molecule has 2 heterocycles. The molecule has 2 aliphatic heterocycles. The normalized spacial score (nSPS) is 20.8. The fourth-order valence-corrected chi connectivity index (χ4v) is 2.32. The van der Waals surface area contributed by atoms with E-state index < -0.39 is 0 Å². The van der Waals surface area contributed by atoms with E-state index in [2.05, 4.69) is 5.32 Å². The number of cyclic esters (lactones) is 1. The van der Waals surface area contributed by atoms with Crippen molar-refractivity contribution in [3.05, 3.63) is 23.8 Å². The highest BCUT2D eigenvalue weighted by Gasteiger charge is 2.32. The quantitative estimate of drug-likeness (QED) is 0.877. The second kappa shape index (κ2) is 4.97. The molecule has 0 aliphatic carbocycles. The van der Waals surface area contributed by atoms with Crippen LogP contribution in [0.4, 0.5) is 4.79 Å². The van der Waals surface area contributed by atoms with Crippen molar-refractivity contribution in [2.45, 2.75) is 12.6 Å². The number of hydrogen-bond donors (Lipinski definition) is 1. The predicted octanol–water partition coefficient (Wildman–Crippen LogP) is 0.955. The minimum Gasteiger partial charge on any atom is -0.454 e. The van der Waals surface area contributed by atoms with Gasteiger partial charge in [-0.05, 0) is 24.7 Å². The van der Waals surface area contributed by atoms with Crippen LogP contribution < -0.4 is 14.8 Å². The molecular formula is C13H16N2O4. The molecule has 1 amide bonds. The van der Waals surface area contributed by atoms with Gasteiger partial charge in [-0.2, -0.15) is 0 Å². The van der Waals surface area contributed by atoms with Gasteiger partial charge in [-0.15, -0.1) is 0 Å². The van der Waals surface area contributed by atoms with E-state index in [0.717, 1.165) is 23.6 Å². The summed E-state index contributed by atoms with van der Waals surface area (Å²) in [5, 5.41) is 3.07. The van der Waals surface area contributed by atoms with Gasteiger partial charge in [0, 0.05) is 13.1 Å². The Bertz CT molecular complexity index is 492. The maximum absolute atomic E-state index is 11.7. The maximum atomic E-state index is 11.7. The molecule has 0 radical (unpaired) electrons. The summed E-state index contributed by atoms with van der Waals surface area (Å²) in [4.78, 5) is 13.4. The Labute approximate surface area is 111 Å². The van der Waals surface area contributed by atoms with Crippen molar-refractivity contribution in [1.82, 2.24) is 10.2 Å². The zero-order valence-corrected chi connectivity index (χ0v) is 10.7. The zero-order valence-electron chi connectivity index (χ0n) is 10.7. The predicted molar refractivity (Wildman–Crippen MR) is 67.2 cm³/mol. The number of carbonyl (C=O) groups is 1. The first kappa shape index (κ1) is 12.1. The van der Waals surface area contributed by atoms with E-state index in [1.807, 2.05) is 25.2 Å². The third kappa shape index (κ3) is 2.31. The first-order chi connectivity index (χ1) is 9.28. The lowest BCUT2D eigenvalue weighted by atomic mass is 10.1. The molecule has 0 bridgehead atoms. The average Bonchev–Trinajstić information content (AvgIpc) is 3.00. The molecule has 1 aromatic carbocycles. The molecule has 1 saturated heterocycles. The van der Waals surface area contributed by atoms with Crippen molar-refractivity contribution in [3.63, 3.8) is 0 Å². The van der Waals surface area contributed by atoms with Gasteiger partial charge in [0.2, 0.25) is 6.79 Å². The number of fused-ring (bicyclic) bond motifs is 1. The van der Waals surface area contributed by atoms with Gasteiger partial charge < -0.3 is 19.5 Å². The van der Waals surface area contributed by atoms with Crippen LogP contribution in [0, 0.1) is 0 Å². The Morgan fingerprint density at radius 1 is 1.32 bits per heavy atom. The van der Waals surface area contributed by atoms with Gasteiger partial charge in [0.15, 0.2) is 11.5 Å². The fourth-order valence-electron chi connectivity index (χ4n) is 2.32. The molecule has 0 spiro atoms. The molecule has 6 nitrogen and oxygen atoms in total. The van der Waals surface area contributed by atoms with Crippen LogP contribution in [0.3, 0.4) is 0 Å². The molecule has 1 unspecified atom stereocenters. The van der Waals surface area contributed by atoms with Crippen molar-refractivity contribution in [2.24, 2.45) is 0 Å². The highest BCUT2D eigenvalue weighted by atomic mass is 16.7. The van der Waals surface area contributed by atoms with Crippen molar-refractivity contribution in [2.75, 3.05) is 27.0 Å². The Hall–Kier alpha value is -1.95. The monoisotopic (exact) mass is 264 g/mol. The Morgan fingerprint density at radius 2 is 2.16 bits per heavy atom. The summed E-state index contributed by atoms with van der Waals surface area (Å²) in [6.07, 6.45) is -0.266. The largest absolute Gasteiger partial charge is 0.454 e. The summed E-state index contributed by atoms with van der Waals surface area (Å²) in [5.74, 6) is 1.48. The number of nitrogens with one attached hydrogen (secondary N) is 1. The molecule has 1 atom stereocenters. The third-order valence-corrected chi connectivity index (χ3v) is 3.30. The Kier molecular flexibility index (Phi) is 3.16. The summed E-state index contributed by atoms with van der Waals surface area (Å²) < 4.78 is 15.7. The number of ether oxygens (including phenoxy) is 3. The van der Waals surface area contributed by atoms with Crippen molar-refractivity contribution in [1.29, 1.82) is 0 Å². The molecule has 1 aromatic rings. The third-order valence-electron chi connectivity index (χ3n) is 3.30. The van der Waals surface area contributed by atoms with Crippen LogP contribution in [0.1, 0.15) is 5.56 Å². The van der Waals surface area contributed by atoms with Crippen LogP contribution in [-0.2, 0) is 11.3 Å². The van der Waals surface area contributed by atoms with Gasteiger partial charge in [-0.25, -0.2) is 4.79 Å². The van der Waals surface area contributed by atoms with E-state index in [4.69, 9.17) is 14.2 Å². The number of carbonyl (C=O) groups excluding carboxylic acids is 1. The highest BCUT2D eigenvalue weighted by Crippen LogP contribution is 2.33. The first-order valence-corrected chi connectivity index (χ1v) is 6.24. The smallest absolute Gasteiger partial charge is 0.410 e. The summed E-state index contributed by atoms with van der Waals surface area (Å²) in [6.45, 7) is 1.93. The van der Waals surface area contributed by atoms with Crippen LogP contribution in [0.5, 0.6) is 11.5 Å². The average molecular weight is 264 g/mol. The lowest BCUT2D eigenvalue weighted by molar-refractivity contribution is 0.156. The Morgan fingerprint density at radius 3 is 3.00 bits per heavy atom. The van der Waals surface area contributed by atoms with E-state index in [9.17, 15) is 4.79 Å². The van der Waals surface area contributed by atoms with Gasteiger partial charge in [0.25, 0.3) is 0 Å². The number of nitrogens with zero attached hydrogens (tertiary/aromatic N) is 1. The summed E-state index contributed by atoms with van der Waals surface area (Å²) >= 11 is 0. The van der Waals surface area contributed by atoms with Gasteiger partial charge in [0.1, 0.15) is 6.61 Å². The summed E-state index contributed by atoms with van der Waals surface area (Å²) in [6, 6.07) is 5.79. The van der Waals surface area contributed by atoms with Gasteiger partial charge in [0.05, 0.1) is 6.04 Å².